The molecule has 29 heavy (non-hydrogen) atoms. The Labute approximate surface area is 165 Å². The van der Waals surface area contributed by atoms with E-state index in [4.69, 9.17) is 13.9 Å². The van der Waals surface area contributed by atoms with Crippen molar-refractivity contribution in [3.63, 3.8) is 0 Å². The summed E-state index contributed by atoms with van der Waals surface area (Å²) in [5.74, 6) is -8.40. The number of hydrogen-bond donors (Lipinski definition) is 0. The van der Waals surface area contributed by atoms with Crippen LogP contribution in [0.1, 0.15) is 70.3 Å². The molecule has 8 nitrogen and oxygen atoms in total. The third-order valence-electron chi connectivity index (χ3n) is 4.27. The van der Waals surface area contributed by atoms with Gasteiger partial charge in [-0.25, -0.2) is 0 Å². The molecule has 0 saturated carbocycles. The number of rotatable bonds is 2. The highest BCUT2D eigenvalue weighted by Gasteiger charge is 2.49. The SMILES string of the molecule is CC.CC1(C)OC(=O)C(C(=O)c2cc3c(o2)C(=O)c2ccccc2C3=O)C(=O)O1. The third-order valence-corrected chi connectivity index (χ3v) is 4.27. The van der Waals surface area contributed by atoms with Gasteiger partial charge in [0.1, 0.15) is 0 Å². The van der Waals surface area contributed by atoms with Gasteiger partial charge in [-0.05, 0) is 6.07 Å². The van der Waals surface area contributed by atoms with Crippen LogP contribution in [0.4, 0.5) is 0 Å². The molecule has 4 rings (SSSR count). The average Bonchev–Trinajstić information content (AvgIpc) is 3.12. The van der Waals surface area contributed by atoms with Gasteiger partial charge in [-0.1, -0.05) is 38.1 Å². The van der Waals surface area contributed by atoms with Crippen LogP contribution in [0.25, 0.3) is 0 Å². The third kappa shape index (κ3) is 3.26. The second kappa shape index (κ2) is 7.12. The second-order valence-corrected chi connectivity index (χ2v) is 6.60. The number of carbonyl (C=O) groups excluding carboxylic acids is 5. The maximum atomic E-state index is 12.6. The molecule has 0 radical (unpaired) electrons. The Bertz CT molecular complexity index is 984. The Kier molecular flexibility index (Phi) is 4.96. The van der Waals surface area contributed by atoms with Crippen molar-refractivity contribution in [1.82, 2.24) is 0 Å². The molecule has 0 atom stereocenters. The van der Waals surface area contributed by atoms with Crippen LogP contribution in [0.5, 0.6) is 0 Å². The molecule has 0 spiro atoms. The molecular weight excluding hydrogens is 380 g/mol. The molecule has 1 fully saturated rings. The Morgan fingerprint density at radius 1 is 0.862 bits per heavy atom. The van der Waals surface area contributed by atoms with E-state index in [1.54, 1.807) is 12.1 Å². The topological polar surface area (TPSA) is 117 Å². The van der Waals surface area contributed by atoms with Gasteiger partial charge < -0.3 is 13.9 Å². The first-order chi connectivity index (χ1) is 13.7. The van der Waals surface area contributed by atoms with Gasteiger partial charge in [0.2, 0.25) is 17.5 Å². The van der Waals surface area contributed by atoms with Crippen LogP contribution >= 0.6 is 0 Å². The fraction of sp³-hybridized carbons (Fsp3) is 0.286. The molecule has 0 bridgehead atoms. The second-order valence-electron chi connectivity index (χ2n) is 6.60. The summed E-state index contributed by atoms with van der Waals surface area (Å²) in [6, 6.07) is 7.23. The van der Waals surface area contributed by atoms with Crippen LogP contribution in [0.3, 0.4) is 0 Å². The van der Waals surface area contributed by atoms with E-state index in [0.717, 1.165) is 6.07 Å². The summed E-state index contributed by atoms with van der Waals surface area (Å²) < 4.78 is 15.1. The summed E-state index contributed by atoms with van der Waals surface area (Å²) in [6.45, 7) is 6.70. The van der Waals surface area contributed by atoms with Crippen LogP contribution in [-0.4, -0.2) is 35.1 Å². The average molecular weight is 398 g/mol. The van der Waals surface area contributed by atoms with Gasteiger partial charge in [-0.2, -0.15) is 0 Å². The van der Waals surface area contributed by atoms with E-state index >= 15 is 0 Å². The molecule has 1 aliphatic heterocycles. The first-order valence-corrected chi connectivity index (χ1v) is 9.02. The van der Waals surface area contributed by atoms with Crippen molar-refractivity contribution in [3.05, 3.63) is 58.5 Å². The molecule has 8 heteroatoms. The monoisotopic (exact) mass is 398 g/mol. The molecule has 2 aliphatic rings. The first kappa shape index (κ1) is 20.2. The quantitative estimate of drug-likeness (QED) is 0.367. The predicted octanol–water partition coefficient (Wildman–Crippen LogP) is 2.72. The summed E-state index contributed by atoms with van der Waals surface area (Å²) in [5.41, 5.74) is 0.245. The van der Waals surface area contributed by atoms with Crippen molar-refractivity contribution >= 4 is 29.3 Å². The van der Waals surface area contributed by atoms with Crippen molar-refractivity contribution in [1.29, 1.82) is 0 Å². The molecule has 0 amide bonds. The van der Waals surface area contributed by atoms with Crippen LogP contribution in [-0.2, 0) is 19.1 Å². The summed E-state index contributed by atoms with van der Waals surface area (Å²) in [5, 5.41) is 0. The number of esters is 2. The lowest BCUT2D eigenvalue weighted by atomic mass is 9.88. The maximum absolute atomic E-state index is 12.6. The van der Waals surface area contributed by atoms with Crippen molar-refractivity contribution in [3.8, 4) is 0 Å². The van der Waals surface area contributed by atoms with E-state index in [-0.39, 0.29) is 22.5 Å². The van der Waals surface area contributed by atoms with Crippen LogP contribution < -0.4 is 0 Å². The summed E-state index contributed by atoms with van der Waals surface area (Å²) >= 11 is 0. The van der Waals surface area contributed by atoms with Crippen molar-refractivity contribution < 1.29 is 37.9 Å². The van der Waals surface area contributed by atoms with E-state index in [9.17, 15) is 24.0 Å². The fourth-order valence-corrected chi connectivity index (χ4v) is 3.07. The van der Waals surface area contributed by atoms with Gasteiger partial charge in [-0.15, -0.1) is 0 Å². The molecule has 2 aromatic rings. The zero-order valence-electron chi connectivity index (χ0n) is 16.2. The zero-order chi connectivity index (χ0) is 21.5. The highest BCUT2D eigenvalue weighted by Crippen LogP contribution is 2.32. The normalized spacial score (nSPS) is 17.4. The molecule has 1 aromatic carbocycles. The Hall–Kier alpha value is -3.55. The van der Waals surface area contributed by atoms with Crippen LogP contribution in [0.2, 0.25) is 0 Å². The Morgan fingerprint density at radius 2 is 1.38 bits per heavy atom. The van der Waals surface area contributed by atoms with Gasteiger partial charge in [0, 0.05) is 25.0 Å². The minimum atomic E-state index is -1.88. The van der Waals surface area contributed by atoms with Crippen molar-refractivity contribution in [2.45, 2.75) is 33.5 Å². The van der Waals surface area contributed by atoms with Gasteiger partial charge in [0.25, 0.3) is 5.79 Å². The summed E-state index contributed by atoms with van der Waals surface area (Å²) in [4.78, 5) is 61.9. The molecule has 2 heterocycles. The van der Waals surface area contributed by atoms with Crippen LogP contribution in [0, 0.1) is 5.92 Å². The smallest absolute Gasteiger partial charge is 0.331 e. The van der Waals surface area contributed by atoms with Gasteiger partial charge in [0.15, 0.2) is 17.3 Å². The molecule has 1 aliphatic carbocycles. The van der Waals surface area contributed by atoms with E-state index in [0.29, 0.717) is 0 Å². The van der Waals surface area contributed by atoms with E-state index in [1.807, 2.05) is 13.8 Å². The van der Waals surface area contributed by atoms with Gasteiger partial charge in [0.05, 0.1) is 5.56 Å². The highest BCUT2D eigenvalue weighted by molar-refractivity contribution is 6.28. The highest BCUT2D eigenvalue weighted by atomic mass is 16.7. The maximum Gasteiger partial charge on any atom is 0.331 e. The van der Waals surface area contributed by atoms with E-state index in [1.165, 1.54) is 26.0 Å². The number of ketones is 3. The largest absolute Gasteiger partial charge is 0.449 e. The van der Waals surface area contributed by atoms with Gasteiger partial charge in [-0.3, -0.25) is 24.0 Å². The number of ether oxygens (including phenoxy) is 2. The Morgan fingerprint density at radius 3 is 1.93 bits per heavy atom. The lowest BCUT2D eigenvalue weighted by molar-refractivity contribution is -0.236. The minimum absolute atomic E-state index is 0.0973. The molecule has 1 aromatic heterocycles. The number of hydrogen-bond acceptors (Lipinski definition) is 8. The first-order valence-electron chi connectivity index (χ1n) is 9.02. The minimum Gasteiger partial charge on any atom is -0.449 e. The van der Waals surface area contributed by atoms with Crippen molar-refractivity contribution in [2.75, 3.05) is 0 Å². The lowest BCUT2D eigenvalue weighted by Crippen LogP contribution is -2.49. The lowest BCUT2D eigenvalue weighted by Gasteiger charge is -2.31. The predicted molar refractivity (Wildman–Crippen MR) is 97.4 cm³/mol. The summed E-state index contributed by atoms with van der Waals surface area (Å²) in [7, 11) is 0. The molecule has 150 valence electrons. The number of fused-ring (bicyclic) bond motifs is 2. The Balaban J connectivity index is 0.00000117. The standard InChI is InChI=1S/C19H12O8.C2H6/c1-19(2)26-17(23)12(18(24)27-19)15(22)11-7-10-13(20)8-5-3-4-6-9(8)14(21)16(10)25-11;1-2/h3-7,12H,1-2H3;1-2H3. The molecule has 0 unspecified atom stereocenters. The molecule has 1 saturated heterocycles. The molecular formula is C21H18O8. The van der Waals surface area contributed by atoms with E-state index in [2.05, 4.69) is 0 Å². The number of carbonyl (C=O) groups is 5. The zero-order valence-corrected chi connectivity index (χ0v) is 16.2. The number of cyclic esters (lactones) is 2. The van der Waals surface area contributed by atoms with Crippen molar-refractivity contribution in [2.24, 2.45) is 5.92 Å². The summed E-state index contributed by atoms with van der Waals surface area (Å²) in [6.07, 6.45) is 0. The van der Waals surface area contributed by atoms with Crippen LogP contribution in [0.15, 0.2) is 34.7 Å². The number of benzene rings is 1. The number of furan rings is 1. The fourth-order valence-electron chi connectivity index (χ4n) is 3.07. The van der Waals surface area contributed by atoms with Gasteiger partial charge >= 0.3 is 11.9 Å². The number of Topliss-reactive ketones (excluding diaryl/α,β-unsaturated/α-hetero) is 1. The molecule has 0 N–H and O–H groups in total. The van der Waals surface area contributed by atoms with E-state index < -0.39 is 46.8 Å².